The van der Waals surface area contributed by atoms with Crippen LogP contribution in [0.15, 0.2) is 54.9 Å². The molecule has 8 heteroatoms. The number of rotatable bonds is 5. The summed E-state index contributed by atoms with van der Waals surface area (Å²) in [6.07, 6.45) is 6.47. The van der Waals surface area contributed by atoms with Gasteiger partial charge >= 0.3 is 0 Å². The fourth-order valence-electron chi connectivity index (χ4n) is 5.44. The first kappa shape index (κ1) is 25.6. The van der Waals surface area contributed by atoms with Crippen molar-refractivity contribution in [3.8, 4) is 11.1 Å². The summed E-state index contributed by atoms with van der Waals surface area (Å²) in [5.41, 5.74) is 12.7. The van der Waals surface area contributed by atoms with Gasteiger partial charge in [0.1, 0.15) is 17.3 Å². The van der Waals surface area contributed by atoms with E-state index < -0.39 is 0 Å². The molecule has 0 fully saturated rings. The first-order valence-electron chi connectivity index (χ1n) is 12.8. The number of nitrogens with two attached hydrogens (primary N) is 1. The van der Waals surface area contributed by atoms with Crippen LogP contribution in [0.1, 0.15) is 46.6 Å². The van der Waals surface area contributed by atoms with Gasteiger partial charge in [-0.3, -0.25) is 9.69 Å². The van der Waals surface area contributed by atoms with Gasteiger partial charge < -0.3 is 15.2 Å². The standard InChI is InChI=1S/C30H33FN6O/c1-18-14-22(30(38)35(3)4)15-25(31)28(18)20-9-12-37(13-10-20)19(2)26-16-24-23(8-11-33-29(24)36(26)5)21-6-7-27(32)34-17-21/h6-9,11,14-17,19H,10,12-13H2,1-5H3,(H2,32,34)/t19-/m1/s1. The average molecular weight is 513 g/mol. The SMILES string of the molecule is Cc1cc(C(=O)N(C)C)cc(F)c1C1=CCN([C@H](C)c2cc3c(-c4ccc(N)nc4)ccnc3n2C)CC1. The highest BCUT2D eigenvalue weighted by Gasteiger charge is 2.25. The van der Waals surface area contributed by atoms with Gasteiger partial charge in [-0.15, -0.1) is 0 Å². The third kappa shape index (κ3) is 4.56. The molecule has 4 heterocycles. The predicted molar refractivity (Wildman–Crippen MR) is 150 cm³/mol. The molecule has 0 spiro atoms. The van der Waals surface area contributed by atoms with Crippen molar-refractivity contribution in [2.24, 2.45) is 7.05 Å². The fraction of sp³-hybridized carbons (Fsp3) is 0.300. The molecule has 38 heavy (non-hydrogen) atoms. The molecule has 0 saturated heterocycles. The molecule has 1 atom stereocenters. The number of anilines is 1. The van der Waals surface area contributed by atoms with Gasteiger partial charge in [-0.1, -0.05) is 6.08 Å². The van der Waals surface area contributed by atoms with Gasteiger partial charge in [0, 0.05) is 80.4 Å². The average Bonchev–Trinajstić information content (AvgIpc) is 3.24. The van der Waals surface area contributed by atoms with Crippen molar-refractivity contribution in [2.45, 2.75) is 26.3 Å². The Balaban J connectivity index is 1.41. The number of halogens is 1. The van der Waals surface area contributed by atoms with Crippen molar-refractivity contribution in [2.75, 3.05) is 32.9 Å². The second-order valence-corrected chi connectivity index (χ2v) is 10.2. The van der Waals surface area contributed by atoms with Crippen LogP contribution in [0.3, 0.4) is 0 Å². The van der Waals surface area contributed by atoms with Crippen molar-refractivity contribution in [1.29, 1.82) is 0 Å². The number of amides is 1. The van der Waals surface area contributed by atoms with E-state index in [2.05, 4.69) is 38.5 Å². The second-order valence-electron chi connectivity index (χ2n) is 10.2. The molecule has 5 rings (SSSR count). The van der Waals surface area contributed by atoms with E-state index in [1.54, 1.807) is 26.4 Å². The number of nitrogens with zero attached hydrogens (tertiary/aromatic N) is 5. The molecule has 1 amide bonds. The van der Waals surface area contributed by atoms with Gasteiger partial charge in [0.2, 0.25) is 0 Å². The van der Waals surface area contributed by atoms with Gasteiger partial charge in [-0.05, 0) is 73.4 Å². The van der Waals surface area contributed by atoms with Crippen molar-refractivity contribution < 1.29 is 9.18 Å². The molecular weight excluding hydrogens is 479 g/mol. The smallest absolute Gasteiger partial charge is 0.253 e. The van der Waals surface area contributed by atoms with E-state index in [1.165, 1.54) is 11.0 Å². The topological polar surface area (TPSA) is 80.3 Å². The van der Waals surface area contributed by atoms with E-state index in [4.69, 9.17) is 5.73 Å². The Bertz CT molecular complexity index is 1530. The Labute approximate surface area is 222 Å². The summed E-state index contributed by atoms with van der Waals surface area (Å²) in [5, 5.41) is 1.07. The normalized spacial score (nSPS) is 14.9. The summed E-state index contributed by atoms with van der Waals surface area (Å²) >= 11 is 0. The minimum Gasteiger partial charge on any atom is -0.384 e. The molecule has 4 aromatic rings. The van der Waals surface area contributed by atoms with Crippen LogP contribution in [-0.4, -0.2) is 57.4 Å². The molecule has 0 bridgehead atoms. The molecular formula is C30H33FN6O. The number of carbonyl (C=O) groups excluding carboxylic acids is 1. The van der Waals surface area contributed by atoms with Gasteiger partial charge in [0.25, 0.3) is 5.91 Å². The number of carbonyl (C=O) groups is 1. The molecule has 2 N–H and O–H groups in total. The van der Waals surface area contributed by atoms with Crippen molar-refractivity contribution in [1.82, 2.24) is 24.3 Å². The van der Waals surface area contributed by atoms with Crippen LogP contribution in [0.4, 0.5) is 10.2 Å². The monoisotopic (exact) mass is 512 g/mol. The molecule has 0 radical (unpaired) electrons. The largest absolute Gasteiger partial charge is 0.384 e. The molecule has 7 nitrogen and oxygen atoms in total. The molecule has 0 saturated carbocycles. The zero-order chi connectivity index (χ0) is 27.1. The number of pyridine rings is 2. The lowest BCUT2D eigenvalue weighted by atomic mass is 9.92. The van der Waals surface area contributed by atoms with E-state index in [-0.39, 0.29) is 17.8 Å². The maximum absolute atomic E-state index is 15.2. The maximum Gasteiger partial charge on any atom is 0.253 e. The molecule has 196 valence electrons. The highest BCUT2D eigenvalue weighted by Crippen LogP contribution is 2.35. The lowest BCUT2D eigenvalue weighted by Gasteiger charge is -2.32. The molecule has 1 aromatic carbocycles. The molecule has 1 aliphatic rings. The number of fused-ring (bicyclic) bond motifs is 1. The van der Waals surface area contributed by atoms with Crippen LogP contribution in [0.2, 0.25) is 0 Å². The molecule has 1 aliphatic heterocycles. The van der Waals surface area contributed by atoms with Crippen molar-refractivity contribution in [3.63, 3.8) is 0 Å². The highest BCUT2D eigenvalue weighted by atomic mass is 19.1. The van der Waals surface area contributed by atoms with Crippen LogP contribution in [0.25, 0.3) is 27.7 Å². The van der Waals surface area contributed by atoms with E-state index in [9.17, 15) is 4.79 Å². The van der Waals surface area contributed by atoms with Gasteiger partial charge in [-0.2, -0.15) is 0 Å². The maximum atomic E-state index is 15.2. The van der Waals surface area contributed by atoms with Gasteiger partial charge in [0.15, 0.2) is 0 Å². The summed E-state index contributed by atoms with van der Waals surface area (Å²) in [6.45, 7) is 5.58. The minimum absolute atomic E-state index is 0.135. The number of nitrogen functional groups attached to an aromatic ring is 1. The third-order valence-electron chi connectivity index (χ3n) is 7.54. The number of hydrogen-bond donors (Lipinski definition) is 1. The van der Waals surface area contributed by atoms with E-state index in [0.29, 0.717) is 23.5 Å². The highest BCUT2D eigenvalue weighted by molar-refractivity contribution is 5.95. The summed E-state index contributed by atoms with van der Waals surface area (Å²) in [6, 6.07) is 11.3. The zero-order valence-corrected chi connectivity index (χ0v) is 22.5. The first-order valence-corrected chi connectivity index (χ1v) is 12.8. The van der Waals surface area contributed by atoms with Crippen LogP contribution in [0, 0.1) is 12.7 Å². The Kier molecular flexibility index (Phi) is 6.75. The predicted octanol–water partition coefficient (Wildman–Crippen LogP) is 5.22. The van der Waals surface area contributed by atoms with E-state index in [0.717, 1.165) is 52.0 Å². The lowest BCUT2D eigenvalue weighted by molar-refractivity contribution is 0.0827. The second kappa shape index (κ2) is 10.0. The zero-order valence-electron chi connectivity index (χ0n) is 22.5. The fourth-order valence-corrected chi connectivity index (χ4v) is 5.44. The number of aryl methyl sites for hydroxylation is 2. The summed E-state index contributed by atoms with van der Waals surface area (Å²) in [7, 11) is 5.39. The van der Waals surface area contributed by atoms with Gasteiger partial charge in [0.05, 0.1) is 0 Å². The summed E-state index contributed by atoms with van der Waals surface area (Å²) in [4.78, 5) is 25.1. The number of hydrogen-bond acceptors (Lipinski definition) is 5. The molecule has 0 unspecified atom stereocenters. The molecule has 0 aliphatic carbocycles. The van der Waals surface area contributed by atoms with Crippen LogP contribution < -0.4 is 5.73 Å². The van der Waals surface area contributed by atoms with E-state index in [1.807, 2.05) is 38.4 Å². The van der Waals surface area contributed by atoms with Crippen LogP contribution >= 0.6 is 0 Å². The van der Waals surface area contributed by atoms with Gasteiger partial charge in [-0.25, -0.2) is 14.4 Å². The van der Waals surface area contributed by atoms with Crippen LogP contribution in [0.5, 0.6) is 0 Å². The Hall–Kier alpha value is -4.04. The van der Waals surface area contributed by atoms with E-state index >= 15 is 4.39 Å². The summed E-state index contributed by atoms with van der Waals surface area (Å²) in [5.74, 6) is -0.0455. The molecule has 3 aromatic heterocycles. The number of aromatic nitrogens is 3. The first-order chi connectivity index (χ1) is 18.2. The quantitative estimate of drug-likeness (QED) is 0.397. The summed E-state index contributed by atoms with van der Waals surface area (Å²) < 4.78 is 17.3. The lowest BCUT2D eigenvalue weighted by Crippen LogP contribution is -2.32. The Morgan fingerprint density at radius 3 is 2.58 bits per heavy atom. The van der Waals surface area contributed by atoms with Crippen molar-refractivity contribution in [3.05, 3.63) is 83.1 Å². The Morgan fingerprint density at radius 2 is 1.95 bits per heavy atom. The van der Waals surface area contributed by atoms with Crippen LogP contribution in [-0.2, 0) is 7.05 Å². The van der Waals surface area contributed by atoms with Crippen molar-refractivity contribution >= 4 is 28.3 Å². The third-order valence-corrected chi connectivity index (χ3v) is 7.54. The number of benzene rings is 1. The minimum atomic E-state index is -0.340. The Morgan fingerprint density at radius 1 is 1.16 bits per heavy atom.